The van der Waals surface area contributed by atoms with E-state index in [1.165, 1.54) is 0 Å². The first-order chi connectivity index (χ1) is 7.65. The fraction of sp³-hybridized carbons (Fsp3) is 0.154. The van der Waals surface area contributed by atoms with Gasteiger partial charge in [-0.25, -0.2) is 4.98 Å². The summed E-state index contributed by atoms with van der Waals surface area (Å²) >= 11 is 0. The van der Waals surface area contributed by atoms with E-state index in [0.29, 0.717) is 5.88 Å². The molecule has 0 amide bonds. The monoisotopic (exact) mass is 214 g/mol. The zero-order chi connectivity index (χ0) is 11.5. The number of ether oxygens (including phenoxy) is 1. The third-order valence-electron chi connectivity index (χ3n) is 2.35. The summed E-state index contributed by atoms with van der Waals surface area (Å²) in [6.07, 6.45) is 1.78. The molecule has 1 aromatic heterocycles. The van der Waals surface area contributed by atoms with E-state index in [0.717, 1.165) is 22.6 Å². The number of pyridine rings is 1. The Kier molecular flexibility index (Phi) is 2.77. The van der Waals surface area contributed by atoms with Crippen LogP contribution in [-0.4, -0.2) is 4.98 Å². The van der Waals surface area contributed by atoms with E-state index in [1.54, 1.807) is 6.20 Å². The van der Waals surface area contributed by atoms with Crippen LogP contribution in [0.5, 0.6) is 11.6 Å². The maximum atomic E-state index is 5.73. The summed E-state index contributed by atoms with van der Waals surface area (Å²) in [6.45, 7) is 3.94. The van der Waals surface area contributed by atoms with E-state index in [-0.39, 0.29) is 0 Å². The molecule has 0 unspecified atom stereocenters. The standard InChI is InChI=1S/C13H14N2O/c1-9-3-6-13(15-8-9)16-11-4-5-12(14)10(2)7-11/h3-8H,14H2,1-2H3. The Balaban J connectivity index is 2.20. The number of anilines is 1. The van der Waals surface area contributed by atoms with Gasteiger partial charge in [-0.2, -0.15) is 0 Å². The molecule has 16 heavy (non-hydrogen) atoms. The molecule has 0 saturated carbocycles. The van der Waals surface area contributed by atoms with Crippen molar-refractivity contribution >= 4 is 5.69 Å². The zero-order valence-corrected chi connectivity index (χ0v) is 9.40. The summed E-state index contributed by atoms with van der Waals surface area (Å²) in [5.41, 5.74) is 8.61. The molecule has 0 radical (unpaired) electrons. The maximum Gasteiger partial charge on any atom is 0.219 e. The van der Waals surface area contributed by atoms with Gasteiger partial charge in [0, 0.05) is 18.0 Å². The lowest BCUT2D eigenvalue weighted by Crippen LogP contribution is -1.92. The van der Waals surface area contributed by atoms with Crippen LogP contribution in [0.25, 0.3) is 0 Å². The van der Waals surface area contributed by atoms with E-state index in [9.17, 15) is 0 Å². The van der Waals surface area contributed by atoms with Gasteiger partial charge in [-0.05, 0) is 43.2 Å². The van der Waals surface area contributed by atoms with Crippen molar-refractivity contribution in [3.05, 3.63) is 47.7 Å². The third kappa shape index (κ3) is 2.31. The van der Waals surface area contributed by atoms with E-state index >= 15 is 0 Å². The van der Waals surface area contributed by atoms with Gasteiger partial charge in [-0.3, -0.25) is 0 Å². The fourth-order valence-corrected chi connectivity index (χ4v) is 1.35. The summed E-state index contributed by atoms with van der Waals surface area (Å²) in [6, 6.07) is 9.38. The van der Waals surface area contributed by atoms with Crippen molar-refractivity contribution in [3.8, 4) is 11.6 Å². The van der Waals surface area contributed by atoms with Crippen LogP contribution >= 0.6 is 0 Å². The number of benzene rings is 1. The minimum absolute atomic E-state index is 0.592. The summed E-state index contributed by atoms with van der Waals surface area (Å²) < 4.78 is 5.60. The highest BCUT2D eigenvalue weighted by molar-refractivity contribution is 5.50. The van der Waals surface area contributed by atoms with Gasteiger partial charge < -0.3 is 10.5 Å². The van der Waals surface area contributed by atoms with Gasteiger partial charge in [0.15, 0.2) is 0 Å². The van der Waals surface area contributed by atoms with Crippen molar-refractivity contribution in [1.82, 2.24) is 4.98 Å². The van der Waals surface area contributed by atoms with E-state index in [2.05, 4.69) is 4.98 Å². The van der Waals surface area contributed by atoms with E-state index in [4.69, 9.17) is 10.5 Å². The quantitative estimate of drug-likeness (QED) is 0.781. The maximum absolute atomic E-state index is 5.73. The second kappa shape index (κ2) is 4.23. The molecule has 0 aliphatic carbocycles. The molecule has 3 nitrogen and oxygen atoms in total. The Hall–Kier alpha value is -2.03. The van der Waals surface area contributed by atoms with E-state index in [1.807, 2.05) is 44.2 Å². The first-order valence-corrected chi connectivity index (χ1v) is 5.12. The lowest BCUT2D eigenvalue weighted by Gasteiger charge is -2.06. The van der Waals surface area contributed by atoms with Crippen LogP contribution in [-0.2, 0) is 0 Å². The highest BCUT2D eigenvalue weighted by Gasteiger charge is 2.00. The number of hydrogen-bond donors (Lipinski definition) is 1. The summed E-state index contributed by atoms with van der Waals surface area (Å²) in [7, 11) is 0. The van der Waals surface area contributed by atoms with Gasteiger partial charge in [0.1, 0.15) is 5.75 Å². The number of hydrogen-bond acceptors (Lipinski definition) is 3. The van der Waals surface area contributed by atoms with Gasteiger partial charge in [-0.1, -0.05) is 6.07 Å². The second-order valence-corrected chi connectivity index (χ2v) is 3.79. The molecule has 0 atom stereocenters. The number of aromatic nitrogens is 1. The average molecular weight is 214 g/mol. The normalized spacial score (nSPS) is 10.1. The minimum atomic E-state index is 0.592. The zero-order valence-electron chi connectivity index (χ0n) is 9.40. The summed E-state index contributed by atoms with van der Waals surface area (Å²) in [5.74, 6) is 1.35. The van der Waals surface area contributed by atoms with Gasteiger partial charge in [0.2, 0.25) is 5.88 Å². The molecule has 2 N–H and O–H groups in total. The molecule has 0 bridgehead atoms. The van der Waals surface area contributed by atoms with Crippen molar-refractivity contribution in [2.45, 2.75) is 13.8 Å². The SMILES string of the molecule is Cc1ccc(Oc2ccc(N)c(C)c2)nc1. The van der Waals surface area contributed by atoms with Gasteiger partial charge in [-0.15, -0.1) is 0 Å². The molecule has 0 fully saturated rings. The topological polar surface area (TPSA) is 48.1 Å². The fourth-order valence-electron chi connectivity index (χ4n) is 1.35. The lowest BCUT2D eigenvalue weighted by atomic mass is 10.2. The lowest BCUT2D eigenvalue weighted by molar-refractivity contribution is 0.462. The van der Waals surface area contributed by atoms with Gasteiger partial charge >= 0.3 is 0 Å². The molecule has 2 rings (SSSR count). The highest BCUT2D eigenvalue weighted by atomic mass is 16.5. The molecule has 82 valence electrons. The van der Waals surface area contributed by atoms with Crippen molar-refractivity contribution in [2.75, 3.05) is 5.73 Å². The van der Waals surface area contributed by atoms with Crippen LogP contribution in [0, 0.1) is 13.8 Å². The number of nitrogens with zero attached hydrogens (tertiary/aromatic N) is 1. The molecule has 0 spiro atoms. The van der Waals surface area contributed by atoms with E-state index < -0.39 is 0 Å². The molecule has 2 aromatic rings. The van der Waals surface area contributed by atoms with Crippen molar-refractivity contribution < 1.29 is 4.74 Å². The summed E-state index contributed by atoms with van der Waals surface area (Å²) in [4.78, 5) is 4.17. The first kappa shape index (κ1) is 10.5. The van der Waals surface area contributed by atoms with Crippen LogP contribution in [0.4, 0.5) is 5.69 Å². The molecule has 1 aromatic carbocycles. The smallest absolute Gasteiger partial charge is 0.219 e. The van der Waals surface area contributed by atoms with Crippen LogP contribution in [0.2, 0.25) is 0 Å². The largest absolute Gasteiger partial charge is 0.439 e. The molecule has 0 aliphatic rings. The van der Waals surface area contributed by atoms with Crippen LogP contribution in [0.15, 0.2) is 36.5 Å². The molecule has 0 aliphatic heterocycles. The molecule has 3 heteroatoms. The summed E-state index contributed by atoms with van der Waals surface area (Å²) in [5, 5.41) is 0. The predicted octanol–water partition coefficient (Wildman–Crippen LogP) is 3.07. The Morgan fingerprint density at radius 1 is 1.12 bits per heavy atom. The molecule has 1 heterocycles. The van der Waals surface area contributed by atoms with Crippen molar-refractivity contribution in [2.24, 2.45) is 0 Å². The Morgan fingerprint density at radius 3 is 2.56 bits per heavy atom. The van der Waals surface area contributed by atoms with Gasteiger partial charge in [0.05, 0.1) is 0 Å². The van der Waals surface area contributed by atoms with Gasteiger partial charge in [0.25, 0.3) is 0 Å². The average Bonchev–Trinajstić information content (AvgIpc) is 2.27. The first-order valence-electron chi connectivity index (χ1n) is 5.12. The highest BCUT2D eigenvalue weighted by Crippen LogP contribution is 2.23. The number of aryl methyl sites for hydroxylation is 2. The third-order valence-corrected chi connectivity index (χ3v) is 2.35. The minimum Gasteiger partial charge on any atom is -0.439 e. The Morgan fingerprint density at radius 2 is 1.94 bits per heavy atom. The van der Waals surface area contributed by atoms with Crippen molar-refractivity contribution in [3.63, 3.8) is 0 Å². The van der Waals surface area contributed by atoms with Crippen LogP contribution < -0.4 is 10.5 Å². The molecule has 0 saturated heterocycles. The molecular formula is C13H14N2O. The number of nitrogens with two attached hydrogens (primary N) is 1. The number of rotatable bonds is 2. The Bertz CT molecular complexity index is 492. The Labute approximate surface area is 94.9 Å². The van der Waals surface area contributed by atoms with Crippen LogP contribution in [0.3, 0.4) is 0 Å². The number of nitrogen functional groups attached to an aromatic ring is 1. The van der Waals surface area contributed by atoms with Crippen molar-refractivity contribution in [1.29, 1.82) is 0 Å². The molecular weight excluding hydrogens is 200 g/mol. The predicted molar refractivity (Wildman–Crippen MR) is 64.6 cm³/mol. The van der Waals surface area contributed by atoms with Crippen LogP contribution in [0.1, 0.15) is 11.1 Å². The second-order valence-electron chi connectivity index (χ2n) is 3.79.